The summed E-state index contributed by atoms with van der Waals surface area (Å²) in [6.45, 7) is 9.39. The molecule has 242 valence electrons. The molecule has 8 nitrogen and oxygen atoms in total. The van der Waals surface area contributed by atoms with E-state index in [0.29, 0.717) is 23.2 Å². The standard InChI is InChI=1S/C38H45N3O5/c1-6-7-13-22-41(36(44)32(24-27-14-9-8-10-15-27)40-37(45)46-38(3,4)5)34(30-19-21-33(42)26(2)23-30)35(43)39-31-20-18-28-16-11-12-17-29(28)25-31/h8-12,14-21,23,25,32,34,42H,6-7,13,22,24H2,1-5H3,(H,39,43)(H,40,45). The number of benzene rings is 4. The number of alkyl carbamates (subject to hydrolysis) is 1. The van der Waals surface area contributed by atoms with Gasteiger partial charge in [0, 0.05) is 18.7 Å². The Morgan fingerprint density at radius 2 is 1.57 bits per heavy atom. The normalized spacial score (nSPS) is 12.6. The number of fused-ring (bicyclic) bond motifs is 1. The lowest BCUT2D eigenvalue weighted by molar-refractivity contribution is -0.140. The third kappa shape index (κ3) is 9.33. The van der Waals surface area contributed by atoms with Gasteiger partial charge in [0.25, 0.3) is 5.91 Å². The van der Waals surface area contributed by atoms with Gasteiger partial charge in [-0.25, -0.2) is 4.79 Å². The number of phenols is 1. The average molecular weight is 624 g/mol. The number of hydrogen-bond acceptors (Lipinski definition) is 5. The zero-order chi connectivity index (χ0) is 33.3. The van der Waals surface area contributed by atoms with E-state index in [1.807, 2.05) is 72.8 Å². The minimum absolute atomic E-state index is 0.0924. The quantitative estimate of drug-likeness (QED) is 0.140. The van der Waals surface area contributed by atoms with Crippen LogP contribution in [0.3, 0.4) is 0 Å². The Bertz CT molecular complexity index is 1650. The summed E-state index contributed by atoms with van der Waals surface area (Å²) < 4.78 is 5.54. The summed E-state index contributed by atoms with van der Waals surface area (Å²) >= 11 is 0. The largest absolute Gasteiger partial charge is 0.508 e. The van der Waals surface area contributed by atoms with E-state index in [1.54, 1.807) is 44.7 Å². The van der Waals surface area contributed by atoms with Crippen LogP contribution in [0.5, 0.6) is 5.75 Å². The fourth-order valence-corrected chi connectivity index (χ4v) is 5.40. The molecule has 8 heteroatoms. The van der Waals surface area contributed by atoms with Crippen molar-refractivity contribution in [3.05, 3.63) is 108 Å². The van der Waals surface area contributed by atoms with E-state index in [-0.39, 0.29) is 18.7 Å². The highest BCUT2D eigenvalue weighted by Crippen LogP contribution is 2.30. The SMILES string of the molecule is CCCCCN(C(=O)C(Cc1ccccc1)NC(=O)OC(C)(C)C)C(C(=O)Nc1ccc2ccccc2c1)c1ccc(O)c(C)c1. The van der Waals surface area contributed by atoms with Gasteiger partial charge in [0.15, 0.2) is 0 Å². The Balaban J connectivity index is 1.76. The number of nitrogens with zero attached hydrogens (tertiary/aromatic N) is 1. The third-order valence-electron chi connectivity index (χ3n) is 7.67. The Kier molecular flexibility index (Phi) is 11.4. The zero-order valence-corrected chi connectivity index (χ0v) is 27.4. The number of hydrogen-bond donors (Lipinski definition) is 3. The van der Waals surface area contributed by atoms with Crippen molar-refractivity contribution < 1.29 is 24.2 Å². The Hall–Kier alpha value is -4.85. The van der Waals surface area contributed by atoms with Gasteiger partial charge in [-0.05, 0) is 85.8 Å². The summed E-state index contributed by atoms with van der Waals surface area (Å²) in [6, 6.07) is 25.9. The first-order valence-electron chi connectivity index (χ1n) is 15.9. The van der Waals surface area contributed by atoms with Crippen molar-refractivity contribution in [1.82, 2.24) is 10.2 Å². The first-order chi connectivity index (χ1) is 21.9. The molecular weight excluding hydrogens is 578 g/mol. The number of carbonyl (C=O) groups is 3. The second-order valence-electron chi connectivity index (χ2n) is 12.6. The van der Waals surface area contributed by atoms with Crippen molar-refractivity contribution in [3.63, 3.8) is 0 Å². The molecule has 4 aromatic carbocycles. The molecule has 4 rings (SSSR count). The van der Waals surface area contributed by atoms with E-state index >= 15 is 0 Å². The number of rotatable bonds is 12. The summed E-state index contributed by atoms with van der Waals surface area (Å²) in [5, 5.41) is 18.2. The van der Waals surface area contributed by atoms with Crippen LogP contribution in [0.4, 0.5) is 10.5 Å². The van der Waals surface area contributed by atoms with Crippen LogP contribution in [-0.4, -0.2) is 46.1 Å². The number of aryl methyl sites for hydroxylation is 1. The van der Waals surface area contributed by atoms with Crippen LogP contribution in [-0.2, 0) is 20.7 Å². The molecule has 0 saturated heterocycles. The highest BCUT2D eigenvalue weighted by molar-refractivity contribution is 6.00. The Morgan fingerprint density at radius 1 is 0.870 bits per heavy atom. The topological polar surface area (TPSA) is 108 Å². The molecule has 2 unspecified atom stereocenters. The second-order valence-corrected chi connectivity index (χ2v) is 12.6. The van der Waals surface area contributed by atoms with Crippen molar-refractivity contribution in [2.45, 2.75) is 78.0 Å². The number of amides is 3. The molecule has 3 N–H and O–H groups in total. The lowest BCUT2D eigenvalue weighted by atomic mass is 9.98. The van der Waals surface area contributed by atoms with Gasteiger partial charge in [0.2, 0.25) is 5.91 Å². The van der Waals surface area contributed by atoms with Crippen molar-refractivity contribution in [3.8, 4) is 5.75 Å². The number of carbonyl (C=O) groups excluding carboxylic acids is 3. The predicted octanol–water partition coefficient (Wildman–Crippen LogP) is 7.69. The molecule has 0 aliphatic rings. The van der Waals surface area contributed by atoms with E-state index in [1.165, 1.54) is 6.07 Å². The maximum Gasteiger partial charge on any atom is 0.408 e. The van der Waals surface area contributed by atoms with E-state index < -0.39 is 35.6 Å². The maximum atomic E-state index is 14.7. The van der Waals surface area contributed by atoms with Crippen molar-refractivity contribution >= 4 is 34.4 Å². The minimum Gasteiger partial charge on any atom is -0.508 e. The van der Waals surface area contributed by atoms with Gasteiger partial charge in [-0.2, -0.15) is 0 Å². The highest BCUT2D eigenvalue weighted by atomic mass is 16.6. The number of unbranched alkanes of at least 4 members (excludes halogenated alkanes) is 2. The molecule has 0 heterocycles. The molecule has 0 aliphatic carbocycles. The molecule has 4 aromatic rings. The number of anilines is 1. The van der Waals surface area contributed by atoms with Crippen LogP contribution in [0.15, 0.2) is 91.0 Å². The van der Waals surface area contributed by atoms with Gasteiger partial charge < -0.3 is 25.4 Å². The second kappa shape index (κ2) is 15.4. The van der Waals surface area contributed by atoms with E-state index in [9.17, 15) is 19.5 Å². The van der Waals surface area contributed by atoms with Crippen molar-refractivity contribution in [2.75, 3.05) is 11.9 Å². The molecule has 2 atom stereocenters. The number of phenolic OH excluding ortho intramolecular Hbond substituents is 1. The fraction of sp³-hybridized carbons (Fsp3) is 0.342. The molecule has 0 aromatic heterocycles. The maximum absolute atomic E-state index is 14.7. The molecule has 0 fully saturated rings. The summed E-state index contributed by atoms with van der Waals surface area (Å²) in [4.78, 5) is 43.6. The summed E-state index contributed by atoms with van der Waals surface area (Å²) in [7, 11) is 0. The van der Waals surface area contributed by atoms with Crippen molar-refractivity contribution in [2.24, 2.45) is 0 Å². The molecule has 0 bridgehead atoms. The van der Waals surface area contributed by atoms with Crippen LogP contribution in [0.1, 0.15) is 69.7 Å². The molecule has 0 saturated carbocycles. The Morgan fingerprint density at radius 3 is 2.24 bits per heavy atom. The van der Waals surface area contributed by atoms with Gasteiger partial charge in [0.1, 0.15) is 23.4 Å². The number of ether oxygens (including phenoxy) is 1. The van der Waals surface area contributed by atoms with Crippen LogP contribution in [0.25, 0.3) is 10.8 Å². The summed E-state index contributed by atoms with van der Waals surface area (Å²) in [6.07, 6.45) is 1.91. The monoisotopic (exact) mass is 623 g/mol. The fourth-order valence-electron chi connectivity index (χ4n) is 5.40. The van der Waals surface area contributed by atoms with Gasteiger partial charge in [-0.15, -0.1) is 0 Å². The van der Waals surface area contributed by atoms with Gasteiger partial charge in [-0.3, -0.25) is 9.59 Å². The number of aromatic hydroxyl groups is 1. The number of nitrogens with one attached hydrogen (secondary N) is 2. The van der Waals surface area contributed by atoms with E-state index in [2.05, 4.69) is 17.6 Å². The molecular formula is C38H45N3O5. The Labute approximate surface area is 271 Å². The predicted molar refractivity (Wildman–Crippen MR) is 183 cm³/mol. The summed E-state index contributed by atoms with van der Waals surface area (Å²) in [5.41, 5.74) is 1.81. The molecule has 0 aliphatic heterocycles. The zero-order valence-electron chi connectivity index (χ0n) is 27.4. The third-order valence-corrected chi connectivity index (χ3v) is 7.67. The molecule has 3 amide bonds. The molecule has 0 radical (unpaired) electrons. The van der Waals surface area contributed by atoms with E-state index in [0.717, 1.165) is 29.2 Å². The summed E-state index contributed by atoms with van der Waals surface area (Å²) in [5.74, 6) is -0.717. The lowest BCUT2D eigenvalue weighted by Gasteiger charge is -2.35. The van der Waals surface area contributed by atoms with Crippen LogP contribution in [0, 0.1) is 6.92 Å². The minimum atomic E-state index is -1.05. The van der Waals surface area contributed by atoms with Crippen LogP contribution < -0.4 is 10.6 Å². The van der Waals surface area contributed by atoms with Gasteiger partial charge in [0.05, 0.1) is 0 Å². The lowest BCUT2D eigenvalue weighted by Crippen LogP contribution is -2.53. The van der Waals surface area contributed by atoms with E-state index in [4.69, 9.17) is 4.74 Å². The van der Waals surface area contributed by atoms with Gasteiger partial charge in [-0.1, -0.05) is 86.5 Å². The first kappa shape index (κ1) is 34.0. The molecule has 46 heavy (non-hydrogen) atoms. The van der Waals surface area contributed by atoms with Gasteiger partial charge >= 0.3 is 6.09 Å². The van der Waals surface area contributed by atoms with Crippen LogP contribution >= 0.6 is 0 Å². The smallest absolute Gasteiger partial charge is 0.408 e. The highest BCUT2D eigenvalue weighted by Gasteiger charge is 2.36. The van der Waals surface area contributed by atoms with Crippen LogP contribution in [0.2, 0.25) is 0 Å². The average Bonchev–Trinajstić information content (AvgIpc) is 3.01. The van der Waals surface area contributed by atoms with Crippen molar-refractivity contribution in [1.29, 1.82) is 0 Å². The first-order valence-corrected chi connectivity index (χ1v) is 15.9. The molecule has 0 spiro atoms.